The quantitative estimate of drug-likeness (QED) is 0.399. The number of urea groups is 1. The van der Waals surface area contributed by atoms with Gasteiger partial charge in [0, 0.05) is 27.3 Å². The number of carbonyl (C=O) groups excluding carboxylic acids is 2. The Labute approximate surface area is 172 Å². The zero-order chi connectivity index (χ0) is 22.1. The van der Waals surface area contributed by atoms with Crippen LogP contribution >= 0.6 is 0 Å². The topological polar surface area (TPSA) is 152 Å². The summed E-state index contributed by atoms with van der Waals surface area (Å²) in [7, 11) is 2.91. The Kier molecular flexibility index (Phi) is 8.18. The lowest BCUT2D eigenvalue weighted by molar-refractivity contribution is -0.118. The molecule has 2 aromatic rings. The van der Waals surface area contributed by atoms with Crippen molar-refractivity contribution in [3.8, 4) is 0 Å². The van der Waals surface area contributed by atoms with Gasteiger partial charge in [-0.25, -0.2) is 9.59 Å². The number of amides is 3. The maximum Gasteiger partial charge on any atom is 0.330 e. The van der Waals surface area contributed by atoms with Crippen LogP contribution in [0.4, 0.5) is 16.3 Å². The zero-order valence-corrected chi connectivity index (χ0v) is 16.9. The number of aromatic amines is 1. The van der Waals surface area contributed by atoms with Crippen LogP contribution in [0, 0.1) is 0 Å². The summed E-state index contributed by atoms with van der Waals surface area (Å²) < 4.78 is 6.26. The highest BCUT2D eigenvalue weighted by atomic mass is 16.5. The van der Waals surface area contributed by atoms with Crippen LogP contribution in [0.5, 0.6) is 0 Å². The number of rotatable bonds is 9. The fraction of sp³-hybridized carbons (Fsp3) is 0.368. The Morgan fingerprint density at radius 3 is 2.57 bits per heavy atom. The molecule has 3 amide bonds. The van der Waals surface area contributed by atoms with E-state index in [0.717, 1.165) is 5.56 Å². The first kappa shape index (κ1) is 22.7. The highest BCUT2D eigenvalue weighted by Crippen LogP contribution is 2.18. The fourth-order valence-electron chi connectivity index (χ4n) is 2.88. The Hall–Kier alpha value is -3.60. The van der Waals surface area contributed by atoms with Crippen LogP contribution in [0.1, 0.15) is 12.0 Å². The van der Waals surface area contributed by atoms with Gasteiger partial charge in [-0.15, -0.1) is 0 Å². The number of hydrogen-bond acceptors (Lipinski definition) is 7. The predicted octanol–water partition coefficient (Wildman–Crippen LogP) is -0.534. The van der Waals surface area contributed by atoms with Crippen molar-refractivity contribution in [2.45, 2.75) is 13.0 Å². The number of anilines is 2. The first-order chi connectivity index (χ1) is 14.4. The zero-order valence-electron chi connectivity index (χ0n) is 16.9. The average Bonchev–Trinajstić information content (AvgIpc) is 2.71. The number of nitrogens with two attached hydrogens (primary N) is 1. The van der Waals surface area contributed by atoms with Crippen molar-refractivity contribution in [1.82, 2.24) is 20.2 Å². The van der Waals surface area contributed by atoms with Crippen molar-refractivity contribution < 1.29 is 14.3 Å². The van der Waals surface area contributed by atoms with E-state index in [9.17, 15) is 19.2 Å². The molecule has 11 nitrogen and oxygen atoms in total. The van der Waals surface area contributed by atoms with Crippen molar-refractivity contribution in [3.05, 3.63) is 56.7 Å². The van der Waals surface area contributed by atoms with Gasteiger partial charge in [0.2, 0.25) is 5.91 Å². The van der Waals surface area contributed by atoms with Crippen molar-refractivity contribution >= 4 is 23.4 Å². The number of H-pyrrole nitrogens is 1. The standard InChI is InChI=1S/C19H26N6O5/c1-21-18(28)22-14(26)12-24(9-6-10-30-2)15-16(20)25(19(29)23-17(15)27)11-13-7-4-3-5-8-13/h3-5,7-8H,6,9-12,20H2,1-2H3,(H,23,27,29)(H2,21,22,26,28). The first-order valence-electron chi connectivity index (χ1n) is 9.29. The van der Waals surface area contributed by atoms with Gasteiger partial charge < -0.3 is 20.7 Å². The third-order valence-corrected chi connectivity index (χ3v) is 4.30. The van der Waals surface area contributed by atoms with Gasteiger partial charge in [0.15, 0.2) is 0 Å². The van der Waals surface area contributed by atoms with Crippen LogP contribution in [0.3, 0.4) is 0 Å². The Morgan fingerprint density at radius 2 is 1.93 bits per heavy atom. The molecule has 0 spiro atoms. The molecule has 1 heterocycles. The minimum absolute atomic E-state index is 0.0197. The lowest BCUT2D eigenvalue weighted by Crippen LogP contribution is -2.46. The van der Waals surface area contributed by atoms with E-state index in [1.807, 2.05) is 30.3 Å². The minimum Gasteiger partial charge on any atom is -0.385 e. The summed E-state index contributed by atoms with van der Waals surface area (Å²) in [6.45, 7) is 0.459. The third-order valence-electron chi connectivity index (χ3n) is 4.30. The molecule has 0 aliphatic rings. The highest BCUT2D eigenvalue weighted by molar-refractivity contribution is 5.96. The number of aromatic nitrogens is 2. The molecule has 0 radical (unpaired) electrons. The van der Waals surface area contributed by atoms with Gasteiger partial charge in [0.1, 0.15) is 11.5 Å². The molecule has 11 heteroatoms. The molecular weight excluding hydrogens is 392 g/mol. The summed E-state index contributed by atoms with van der Waals surface area (Å²) in [6, 6.07) is 8.46. The number of imide groups is 1. The van der Waals surface area contributed by atoms with Crippen molar-refractivity contribution in [2.24, 2.45) is 0 Å². The summed E-state index contributed by atoms with van der Waals surface area (Å²) in [5, 5.41) is 4.42. The van der Waals surface area contributed by atoms with Crippen LogP contribution in [0.2, 0.25) is 0 Å². The van der Waals surface area contributed by atoms with Crippen LogP contribution in [0.25, 0.3) is 0 Å². The van der Waals surface area contributed by atoms with Gasteiger partial charge in [-0.1, -0.05) is 30.3 Å². The lowest BCUT2D eigenvalue weighted by Gasteiger charge is -2.25. The van der Waals surface area contributed by atoms with Crippen molar-refractivity contribution in [3.63, 3.8) is 0 Å². The molecule has 0 fully saturated rings. The van der Waals surface area contributed by atoms with Gasteiger partial charge in [0.05, 0.1) is 13.1 Å². The number of nitrogens with one attached hydrogen (secondary N) is 3. The summed E-state index contributed by atoms with van der Waals surface area (Å²) in [4.78, 5) is 52.3. The molecule has 0 saturated carbocycles. The predicted molar refractivity (Wildman–Crippen MR) is 113 cm³/mol. The Balaban J connectivity index is 2.41. The van der Waals surface area contributed by atoms with Crippen LogP contribution in [0.15, 0.2) is 39.9 Å². The monoisotopic (exact) mass is 418 g/mol. The molecule has 1 aromatic heterocycles. The van der Waals surface area contributed by atoms with Gasteiger partial charge in [-0.05, 0) is 12.0 Å². The molecule has 2 rings (SSSR count). The number of benzene rings is 1. The number of nitrogen functional groups attached to an aromatic ring is 1. The summed E-state index contributed by atoms with van der Waals surface area (Å²) >= 11 is 0. The molecule has 5 N–H and O–H groups in total. The summed E-state index contributed by atoms with van der Waals surface area (Å²) in [6.07, 6.45) is 0.487. The van der Waals surface area contributed by atoms with Gasteiger partial charge in [0.25, 0.3) is 5.56 Å². The molecule has 0 bridgehead atoms. The van der Waals surface area contributed by atoms with E-state index in [1.54, 1.807) is 0 Å². The Morgan fingerprint density at radius 1 is 1.23 bits per heavy atom. The molecule has 0 unspecified atom stereocenters. The SMILES string of the molecule is CNC(=O)NC(=O)CN(CCCOC)c1c(N)n(Cc2ccccc2)c(=O)[nH]c1=O. The second kappa shape index (κ2) is 10.8. The number of carbonyl (C=O) groups is 2. The van der Waals surface area contributed by atoms with E-state index >= 15 is 0 Å². The highest BCUT2D eigenvalue weighted by Gasteiger charge is 2.21. The maximum atomic E-state index is 12.6. The van der Waals surface area contributed by atoms with Crippen molar-refractivity contribution in [1.29, 1.82) is 0 Å². The summed E-state index contributed by atoms with van der Waals surface area (Å²) in [5.41, 5.74) is 5.62. The van der Waals surface area contributed by atoms with Crippen LogP contribution in [-0.4, -0.2) is 55.3 Å². The van der Waals surface area contributed by atoms with E-state index in [-0.39, 0.29) is 31.1 Å². The van der Waals surface area contributed by atoms with E-state index in [2.05, 4.69) is 15.6 Å². The molecule has 0 aliphatic heterocycles. The molecular formula is C19H26N6O5. The maximum absolute atomic E-state index is 12.6. The van der Waals surface area contributed by atoms with Gasteiger partial charge in [-0.2, -0.15) is 0 Å². The minimum atomic E-state index is -0.716. The van der Waals surface area contributed by atoms with Gasteiger partial charge in [-0.3, -0.25) is 24.5 Å². The molecule has 0 saturated heterocycles. The second-order valence-electron chi connectivity index (χ2n) is 6.46. The largest absolute Gasteiger partial charge is 0.385 e. The third kappa shape index (κ3) is 5.95. The lowest BCUT2D eigenvalue weighted by atomic mass is 10.2. The van der Waals surface area contributed by atoms with E-state index in [1.165, 1.54) is 23.6 Å². The Bertz CT molecular complexity index is 985. The van der Waals surface area contributed by atoms with E-state index in [0.29, 0.717) is 13.0 Å². The average molecular weight is 418 g/mol. The second-order valence-corrected chi connectivity index (χ2v) is 6.46. The molecule has 1 aromatic carbocycles. The normalized spacial score (nSPS) is 10.5. The first-order valence-corrected chi connectivity index (χ1v) is 9.29. The fourth-order valence-corrected chi connectivity index (χ4v) is 2.88. The van der Waals surface area contributed by atoms with Crippen molar-refractivity contribution in [2.75, 3.05) is 44.5 Å². The number of ether oxygens (including phenoxy) is 1. The van der Waals surface area contributed by atoms with Crippen LogP contribution < -0.4 is 32.5 Å². The number of nitrogens with zero attached hydrogens (tertiary/aromatic N) is 2. The number of hydrogen-bond donors (Lipinski definition) is 4. The van der Waals surface area contributed by atoms with Crippen LogP contribution in [-0.2, 0) is 16.1 Å². The summed E-state index contributed by atoms with van der Waals surface area (Å²) in [5.74, 6) is -0.705. The number of methoxy groups -OCH3 is 1. The molecule has 30 heavy (non-hydrogen) atoms. The molecule has 0 atom stereocenters. The molecule has 0 aliphatic carbocycles. The van der Waals surface area contributed by atoms with E-state index in [4.69, 9.17) is 10.5 Å². The van der Waals surface area contributed by atoms with Gasteiger partial charge >= 0.3 is 11.7 Å². The smallest absolute Gasteiger partial charge is 0.330 e. The van der Waals surface area contributed by atoms with E-state index < -0.39 is 23.2 Å². The molecule has 162 valence electrons.